The van der Waals surface area contributed by atoms with Crippen LogP contribution < -0.4 is 5.32 Å². The van der Waals surface area contributed by atoms with Crippen molar-refractivity contribution in [3.05, 3.63) is 58.6 Å². The lowest BCUT2D eigenvalue weighted by molar-refractivity contribution is 0.628. The van der Waals surface area contributed by atoms with Crippen molar-refractivity contribution in [1.29, 1.82) is 0 Å². The van der Waals surface area contributed by atoms with E-state index in [0.717, 1.165) is 11.4 Å². The van der Waals surface area contributed by atoms with Crippen LogP contribution in [0.15, 0.2) is 36.4 Å². The smallest absolute Gasteiger partial charge is 0.125 e. The molecule has 0 fully saturated rings. The maximum atomic E-state index is 13.0. The van der Waals surface area contributed by atoms with E-state index in [0.29, 0.717) is 17.3 Å². The maximum absolute atomic E-state index is 13.0. The minimum Gasteiger partial charge on any atom is -0.378 e. The number of aromatic nitrogens is 1. The van der Waals surface area contributed by atoms with Crippen LogP contribution in [-0.2, 0) is 6.54 Å². The maximum Gasteiger partial charge on any atom is 0.125 e. The number of hydrogen-bond donors (Lipinski definition) is 1. The van der Waals surface area contributed by atoms with Crippen molar-refractivity contribution in [2.75, 3.05) is 5.32 Å². The molecule has 88 valence electrons. The largest absolute Gasteiger partial charge is 0.378 e. The highest BCUT2D eigenvalue weighted by Gasteiger charge is 2.02. The summed E-state index contributed by atoms with van der Waals surface area (Å²) in [5.74, 6) is -0.311. The van der Waals surface area contributed by atoms with Gasteiger partial charge in [0.1, 0.15) is 5.82 Å². The second-order valence-corrected chi connectivity index (χ2v) is 4.16. The van der Waals surface area contributed by atoms with Crippen LogP contribution in [0, 0.1) is 12.7 Å². The Morgan fingerprint density at radius 1 is 1.29 bits per heavy atom. The number of pyridine rings is 1. The normalized spacial score (nSPS) is 10.3. The fourth-order valence-corrected chi connectivity index (χ4v) is 1.70. The van der Waals surface area contributed by atoms with Crippen molar-refractivity contribution in [1.82, 2.24) is 4.98 Å². The molecule has 2 aromatic rings. The molecule has 0 amide bonds. The molecule has 2 rings (SSSR count). The Morgan fingerprint density at radius 2 is 2.12 bits per heavy atom. The first-order valence-electron chi connectivity index (χ1n) is 5.26. The molecule has 0 saturated carbocycles. The van der Waals surface area contributed by atoms with E-state index in [1.54, 1.807) is 0 Å². The monoisotopic (exact) mass is 250 g/mol. The molecule has 0 bridgehead atoms. The highest BCUT2D eigenvalue weighted by Crippen LogP contribution is 2.22. The summed E-state index contributed by atoms with van der Waals surface area (Å²) in [7, 11) is 0. The molecule has 17 heavy (non-hydrogen) atoms. The average molecular weight is 251 g/mol. The van der Waals surface area contributed by atoms with Crippen molar-refractivity contribution >= 4 is 17.3 Å². The molecule has 1 heterocycles. The summed E-state index contributed by atoms with van der Waals surface area (Å²) in [6.07, 6.45) is 0. The molecule has 1 N–H and O–H groups in total. The van der Waals surface area contributed by atoms with Crippen LogP contribution in [-0.4, -0.2) is 4.98 Å². The molecule has 0 spiro atoms. The Kier molecular flexibility index (Phi) is 3.59. The number of nitrogens with one attached hydrogen (secondary N) is 1. The van der Waals surface area contributed by atoms with E-state index in [9.17, 15) is 4.39 Å². The standard InChI is InChI=1S/C13H12ClFN2/c1-9-3-2-4-11(17-9)8-16-13-7-10(15)5-6-12(13)14/h2-7,16H,8H2,1H3. The molecule has 1 aromatic heterocycles. The predicted octanol–water partition coefficient (Wildman–Crippen LogP) is 3.79. The van der Waals surface area contributed by atoms with Crippen molar-refractivity contribution < 1.29 is 4.39 Å². The highest BCUT2D eigenvalue weighted by molar-refractivity contribution is 6.33. The molecule has 0 aliphatic carbocycles. The van der Waals surface area contributed by atoms with Gasteiger partial charge in [0.25, 0.3) is 0 Å². The van der Waals surface area contributed by atoms with Gasteiger partial charge in [0.05, 0.1) is 22.9 Å². The fourth-order valence-electron chi connectivity index (χ4n) is 1.52. The second-order valence-electron chi connectivity index (χ2n) is 3.75. The zero-order chi connectivity index (χ0) is 12.3. The van der Waals surface area contributed by atoms with Gasteiger partial charge in [-0.3, -0.25) is 4.98 Å². The number of rotatable bonds is 3. The van der Waals surface area contributed by atoms with Crippen LogP contribution in [0.1, 0.15) is 11.4 Å². The van der Waals surface area contributed by atoms with Gasteiger partial charge in [-0.05, 0) is 37.3 Å². The Hall–Kier alpha value is -1.61. The van der Waals surface area contributed by atoms with Gasteiger partial charge in [-0.15, -0.1) is 0 Å². The lowest BCUT2D eigenvalue weighted by Gasteiger charge is -2.08. The summed E-state index contributed by atoms with van der Waals surface area (Å²) in [5.41, 5.74) is 2.43. The molecule has 2 nitrogen and oxygen atoms in total. The first-order chi connectivity index (χ1) is 8.15. The van der Waals surface area contributed by atoms with Crippen molar-refractivity contribution in [3.8, 4) is 0 Å². The Balaban J connectivity index is 2.09. The summed E-state index contributed by atoms with van der Waals surface area (Å²) in [6, 6.07) is 10.0. The molecule has 0 aliphatic rings. The van der Waals surface area contributed by atoms with Crippen LogP contribution in [0.4, 0.5) is 10.1 Å². The van der Waals surface area contributed by atoms with Gasteiger partial charge in [-0.1, -0.05) is 17.7 Å². The summed E-state index contributed by atoms with van der Waals surface area (Å²) in [5, 5.41) is 3.56. The van der Waals surface area contributed by atoms with Gasteiger partial charge in [-0.25, -0.2) is 4.39 Å². The third-order valence-corrected chi connectivity index (χ3v) is 2.66. The number of hydrogen-bond acceptors (Lipinski definition) is 2. The van der Waals surface area contributed by atoms with Crippen molar-refractivity contribution in [3.63, 3.8) is 0 Å². The van der Waals surface area contributed by atoms with Crippen molar-refractivity contribution in [2.45, 2.75) is 13.5 Å². The van der Waals surface area contributed by atoms with E-state index in [4.69, 9.17) is 11.6 Å². The van der Waals surface area contributed by atoms with Crippen LogP contribution >= 0.6 is 11.6 Å². The molecule has 0 radical (unpaired) electrons. The summed E-state index contributed by atoms with van der Waals surface area (Å²) < 4.78 is 13.0. The SMILES string of the molecule is Cc1cccc(CNc2cc(F)ccc2Cl)n1. The minimum atomic E-state index is -0.311. The molecule has 4 heteroatoms. The molecule has 0 atom stereocenters. The molecule has 1 aromatic carbocycles. The van der Waals surface area contributed by atoms with Crippen LogP contribution in [0.25, 0.3) is 0 Å². The lowest BCUT2D eigenvalue weighted by Crippen LogP contribution is -2.02. The number of benzene rings is 1. The Labute approximate surface area is 104 Å². The van der Waals surface area contributed by atoms with Gasteiger partial charge in [0.2, 0.25) is 0 Å². The molecule has 0 unspecified atom stereocenters. The third kappa shape index (κ3) is 3.17. The van der Waals surface area contributed by atoms with Crippen LogP contribution in [0.2, 0.25) is 5.02 Å². The van der Waals surface area contributed by atoms with E-state index >= 15 is 0 Å². The average Bonchev–Trinajstić information content (AvgIpc) is 2.30. The number of nitrogens with zero attached hydrogens (tertiary/aromatic N) is 1. The van der Waals surface area contributed by atoms with Gasteiger partial charge in [0, 0.05) is 5.69 Å². The fraction of sp³-hybridized carbons (Fsp3) is 0.154. The topological polar surface area (TPSA) is 24.9 Å². The molecule has 0 aliphatic heterocycles. The zero-order valence-corrected chi connectivity index (χ0v) is 10.1. The number of anilines is 1. The Bertz CT molecular complexity index is 529. The predicted molar refractivity (Wildman–Crippen MR) is 67.7 cm³/mol. The Morgan fingerprint density at radius 3 is 2.88 bits per heavy atom. The first kappa shape index (κ1) is 11.9. The molecule has 0 saturated heterocycles. The summed E-state index contributed by atoms with van der Waals surface area (Å²) in [4.78, 5) is 4.34. The van der Waals surface area contributed by atoms with E-state index in [1.807, 2.05) is 25.1 Å². The summed E-state index contributed by atoms with van der Waals surface area (Å²) in [6.45, 7) is 2.45. The molecular formula is C13H12ClFN2. The lowest BCUT2D eigenvalue weighted by atomic mass is 10.2. The summed E-state index contributed by atoms with van der Waals surface area (Å²) >= 11 is 5.94. The first-order valence-corrected chi connectivity index (χ1v) is 5.64. The van der Waals surface area contributed by atoms with Gasteiger partial charge < -0.3 is 5.32 Å². The van der Waals surface area contributed by atoms with Gasteiger partial charge >= 0.3 is 0 Å². The van der Waals surface area contributed by atoms with Crippen LogP contribution in [0.3, 0.4) is 0 Å². The third-order valence-electron chi connectivity index (χ3n) is 2.33. The van der Waals surface area contributed by atoms with E-state index in [1.165, 1.54) is 18.2 Å². The quantitative estimate of drug-likeness (QED) is 0.896. The second kappa shape index (κ2) is 5.15. The number of aryl methyl sites for hydroxylation is 1. The molecular weight excluding hydrogens is 239 g/mol. The number of halogens is 2. The van der Waals surface area contributed by atoms with Crippen molar-refractivity contribution in [2.24, 2.45) is 0 Å². The minimum absolute atomic E-state index is 0.311. The van der Waals surface area contributed by atoms with Gasteiger partial charge in [-0.2, -0.15) is 0 Å². The van der Waals surface area contributed by atoms with Gasteiger partial charge in [0.15, 0.2) is 0 Å². The highest BCUT2D eigenvalue weighted by atomic mass is 35.5. The van der Waals surface area contributed by atoms with E-state index in [2.05, 4.69) is 10.3 Å². The van der Waals surface area contributed by atoms with E-state index in [-0.39, 0.29) is 5.82 Å². The zero-order valence-electron chi connectivity index (χ0n) is 9.37. The van der Waals surface area contributed by atoms with E-state index < -0.39 is 0 Å². The van der Waals surface area contributed by atoms with Crippen LogP contribution in [0.5, 0.6) is 0 Å².